The molecule has 0 aliphatic heterocycles. The number of thiocarbonyl (C=S) groups is 1. The molecule has 0 aromatic heterocycles. The van der Waals surface area contributed by atoms with Gasteiger partial charge in [0.05, 0.1) is 25.9 Å². The molecule has 4 nitrogen and oxygen atoms in total. The van der Waals surface area contributed by atoms with Crippen molar-refractivity contribution in [3.05, 3.63) is 53.1 Å². The first-order valence-corrected chi connectivity index (χ1v) is 8.76. The Morgan fingerprint density at radius 2 is 1.80 bits per heavy atom. The molecule has 0 radical (unpaired) electrons. The van der Waals surface area contributed by atoms with Crippen molar-refractivity contribution in [1.29, 1.82) is 0 Å². The lowest BCUT2D eigenvalue weighted by Crippen LogP contribution is -2.32. The van der Waals surface area contributed by atoms with Gasteiger partial charge in [-0.1, -0.05) is 25.1 Å². The van der Waals surface area contributed by atoms with Gasteiger partial charge in [0.15, 0.2) is 5.11 Å². The van der Waals surface area contributed by atoms with Crippen LogP contribution in [0.5, 0.6) is 11.5 Å². The van der Waals surface area contributed by atoms with Crippen molar-refractivity contribution in [2.75, 3.05) is 19.5 Å². The average Bonchev–Trinajstić information content (AvgIpc) is 2.62. The van der Waals surface area contributed by atoms with E-state index in [1.54, 1.807) is 14.2 Å². The Bertz CT molecular complexity index is 746. The second-order valence-corrected chi connectivity index (χ2v) is 6.38. The molecule has 134 valence electrons. The summed E-state index contributed by atoms with van der Waals surface area (Å²) in [5, 5.41) is 7.17. The lowest BCUT2D eigenvalue weighted by molar-refractivity contribution is 0.395. The highest BCUT2D eigenvalue weighted by atomic mass is 32.1. The van der Waals surface area contributed by atoms with Crippen LogP contribution >= 0.6 is 12.2 Å². The van der Waals surface area contributed by atoms with Gasteiger partial charge in [-0.05, 0) is 61.3 Å². The maximum absolute atomic E-state index is 5.50. The van der Waals surface area contributed by atoms with Crippen molar-refractivity contribution in [1.82, 2.24) is 5.32 Å². The molecule has 0 spiro atoms. The van der Waals surface area contributed by atoms with Gasteiger partial charge in [-0.15, -0.1) is 0 Å². The Labute approximate surface area is 155 Å². The van der Waals surface area contributed by atoms with E-state index in [2.05, 4.69) is 49.6 Å². The van der Waals surface area contributed by atoms with E-state index in [1.807, 2.05) is 18.2 Å². The third-order valence-corrected chi connectivity index (χ3v) is 4.52. The van der Waals surface area contributed by atoms with Crippen molar-refractivity contribution >= 4 is 23.0 Å². The molecular formula is C20H26N2O2S. The molecular weight excluding hydrogens is 332 g/mol. The van der Waals surface area contributed by atoms with Gasteiger partial charge >= 0.3 is 0 Å². The maximum atomic E-state index is 5.50. The van der Waals surface area contributed by atoms with Crippen molar-refractivity contribution in [2.24, 2.45) is 0 Å². The predicted octanol–water partition coefficient (Wildman–Crippen LogP) is 4.76. The molecule has 1 unspecified atom stereocenters. The van der Waals surface area contributed by atoms with Crippen LogP contribution in [0.2, 0.25) is 0 Å². The summed E-state index contributed by atoms with van der Waals surface area (Å²) in [4.78, 5) is 0. The fourth-order valence-electron chi connectivity index (χ4n) is 2.62. The monoisotopic (exact) mass is 358 g/mol. The molecule has 0 heterocycles. The van der Waals surface area contributed by atoms with Crippen molar-refractivity contribution < 1.29 is 9.47 Å². The second-order valence-electron chi connectivity index (χ2n) is 5.97. The first-order chi connectivity index (χ1) is 12.0. The molecule has 1 atom stereocenters. The number of nitrogens with one attached hydrogen (secondary N) is 2. The Morgan fingerprint density at radius 3 is 2.40 bits per heavy atom. The van der Waals surface area contributed by atoms with Crippen molar-refractivity contribution in [2.45, 2.75) is 33.2 Å². The molecule has 0 amide bonds. The van der Waals surface area contributed by atoms with Crippen LogP contribution in [0.25, 0.3) is 0 Å². The van der Waals surface area contributed by atoms with Gasteiger partial charge in [0.2, 0.25) is 0 Å². The normalized spacial score (nSPS) is 11.6. The minimum atomic E-state index is 0.156. The number of methoxy groups -OCH3 is 2. The average molecular weight is 359 g/mol. The Balaban J connectivity index is 2.11. The molecule has 0 aliphatic carbocycles. The van der Waals surface area contributed by atoms with E-state index in [-0.39, 0.29) is 6.04 Å². The predicted molar refractivity (Wildman–Crippen MR) is 108 cm³/mol. The highest BCUT2D eigenvalue weighted by Crippen LogP contribution is 2.29. The Kier molecular flexibility index (Phi) is 6.65. The summed E-state index contributed by atoms with van der Waals surface area (Å²) in [5.41, 5.74) is 4.61. The van der Waals surface area contributed by atoms with Crippen LogP contribution in [-0.4, -0.2) is 19.3 Å². The van der Waals surface area contributed by atoms with Crippen molar-refractivity contribution in [3.8, 4) is 11.5 Å². The summed E-state index contributed by atoms with van der Waals surface area (Å²) < 4.78 is 10.6. The molecule has 2 aromatic carbocycles. The van der Waals surface area contributed by atoms with Crippen LogP contribution in [0.15, 0.2) is 36.4 Å². The van der Waals surface area contributed by atoms with Crippen LogP contribution in [0.3, 0.4) is 0 Å². The van der Waals surface area contributed by atoms with Crippen LogP contribution in [0.4, 0.5) is 5.69 Å². The Hall–Kier alpha value is -2.27. The number of ether oxygens (including phenoxy) is 2. The van der Waals surface area contributed by atoms with E-state index in [0.29, 0.717) is 10.9 Å². The van der Waals surface area contributed by atoms with E-state index in [1.165, 1.54) is 16.7 Å². The standard InChI is InChI=1S/C20H26N2O2S/c1-6-17(15-8-7-13(2)14(3)11-15)21-20(25)22-18-10-9-16(23-4)12-19(18)24-5/h7-12,17H,6H2,1-5H3,(H2,21,22,25). The lowest BCUT2D eigenvalue weighted by Gasteiger charge is -2.21. The summed E-state index contributed by atoms with van der Waals surface area (Å²) in [6.45, 7) is 6.39. The molecule has 25 heavy (non-hydrogen) atoms. The van der Waals surface area contributed by atoms with Gasteiger partial charge < -0.3 is 20.1 Å². The lowest BCUT2D eigenvalue weighted by atomic mass is 9.99. The summed E-state index contributed by atoms with van der Waals surface area (Å²) in [6.07, 6.45) is 0.935. The number of anilines is 1. The molecule has 0 bridgehead atoms. The van der Waals surface area contributed by atoms with E-state index in [0.717, 1.165) is 17.9 Å². The van der Waals surface area contributed by atoms with Gasteiger partial charge in [-0.3, -0.25) is 0 Å². The Morgan fingerprint density at radius 1 is 1.04 bits per heavy atom. The molecule has 0 saturated carbocycles. The summed E-state index contributed by atoms with van der Waals surface area (Å²) in [7, 11) is 3.25. The van der Waals surface area contributed by atoms with E-state index >= 15 is 0 Å². The van der Waals surface area contributed by atoms with Crippen LogP contribution < -0.4 is 20.1 Å². The van der Waals surface area contributed by atoms with E-state index < -0.39 is 0 Å². The largest absolute Gasteiger partial charge is 0.497 e. The summed E-state index contributed by atoms with van der Waals surface area (Å²) >= 11 is 5.50. The molecule has 5 heteroatoms. The van der Waals surface area contributed by atoms with Crippen LogP contribution in [-0.2, 0) is 0 Å². The first-order valence-electron chi connectivity index (χ1n) is 8.35. The highest BCUT2D eigenvalue weighted by molar-refractivity contribution is 7.80. The highest BCUT2D eigenvalue weighted by Gasteiger charge is 2.13. The fraction of sp³-hybridized carbons (Fsp3) is 0.350. The number of aryl methyl sites for hydroxylation is 2. The van der Waals surface area contributed by atoms with Gasteiger partial charge in [-0.25, -0.2) is 0 Å². The molecule has 2 N–H and O–H groups in total. The molecule has 2 rings (SSSR count). The maximum Gasteiger partial charge on any atom is 0.171 e. The van der Waals surface area contributed by atoms with Crippen LogP contribution in [0.1, 0.15) is 36.1 Å². The van der Waals surface area contributed by atoms with Crippen LogP contribution in [0, 0.1) is 13.8 Å². The smallest absolute Gasteiger partial charge is 0.171 e. The minimum Gasteiger partial charge on any atom is -0.497 e. The summed E-state index contributed by atoms with van der Waals surface area (Å²) in [5.74, 6) is 1.42. The fourth-order valence-corrected chi connectivity index (χ4v) is 2.87. The molecule has 0 fully saturated rings. The van der Waals surface area contributed by atoms with E-state index in [9.17, 15) is 0 Å². The molecule has 0 aliphatic rings. The quantitative estimate of drug-likeness (QED) is 0.729. The van der Waals surface area contributed by atoms with E-state index in [4.69, 9.17) is 21.7 Å². The SMILES string of the molecule is CCC(NC(=S)Nc1ccc(OC)cc1OC)c1ccc(C)c(C)c1. The number of benzene rings is 2. The van der Waals surface area contributed by atoms with Crippen molar-refractivity contribution in [3.63, 3.8) is 0 Å². The third kappa shape index (κ3) is 4.86. The summed E-state index contributed by atoms with van der Waals surface area (Å²) in [6, 6.07) is 12.3. The first kappa shape index (κ1) is 19.1. The van der Waals surface area contributed by atoms with Gasteiger partial charge in [0.1, 0.15) is 11.5 Å². The number of rotatable bonds is 6. The second kappa shape index (κ2) is 8.72. The zero-order valence-electron chi connectivity index (χ0n) is 15.5. The topological polar surface area (TPSA) is 42.5 Å². The number of hydrogen-bond acceptors (Lipinski definition) is 3. The molecule has 0 saturated heterocycles. The minimum absolute atomic E-state index is 0.156. The zero-order valence-corrected chi connectivity index (χ0v) is 16.3. The zero-order chi connectivity index (χ0) is 18.4. The number of hydrogen-bond donors (Lipinski definition) is 2. The van der Waals surface area contributed by atoms with Gasteiger partial charge in [0, 0.05) is 6.07 Å². The van der Waals surface area contributed by atoms with Gasteiger partial charge in [0.25, 0.3) is 0 Å². The third-order valence-electron chi connectivity index (χ3n) is 4.30. The van der Waals surface area contributed by atoms with Gasteiger partial charge in [-0.2, -0.15) is 0 Å². The molecule has 2 aromatic rings.